The fourth-order valence-corrected chi connectivity index (χ4v) is 2.24. The van der Waals surface area contributed by atoms with Crippen LogP contribution in [0.25, 0.3) is 17.3 Å². The van der Waals surface area contributed by atoms with E-state index >= 15 is 0 Å². The first-order valence-corrected chi connectivity index (χ1v) is 7.22. The molecule has 0 spiro atoms. The zero-order chi connectivity index (χ0) is 16.2. The van der Waals surface area contributed by atoms with Gasteiger partial charge in [-0.3, -0.25) is 0 Å². The van der Waals surface area contributed by atoms with Crippen molar-refractivity contribution in [3.8, 4) is 0 Å². The lowest BCUT2D eigenvalue weighted by Crippen LogP contribution is -2.00. The Hall–Kier alpha value is -3.01. The third-order valence-electron chi connectivity index (χ3n) is 3.55. The highest BCUT2D eigenvalue weighted by Crippen LogP contribution is 2.26. The van der Waals surface area contributed by atoms with Crippen LogP contribution >= 0.6 is 0 Å². The van der Waals surface area contributed by atoms with Crippen LogP contribution in [0.2, 0.25) is 0 Å². The number of rotatable bonds is 4. The standard InChI is InChI=1S/C19H16FN3/c1-14-3-7-17(8-4-14)15(2)19(23-13-21-12-22-23)11-16-5-9-18(20)10-6-16/h3-13H,2H2,1H3/b19-11-. The van der Waals surface area contributed by atoms with Crippen molar-refractivity contribution in [1.29, 1.82) is 0 Å². The molecule has 0 aliphatic heterocycles. The van der Waals surface area contributed by atoms with Crippen molar-refractivity contribution in [1.82, 2.24) is 14.8 Å². The lowest BCUT2D eigenvalue weighted by atomic mass is 10.0. The monoisotopic (exact) mass is 305 g/mol. The van der Waals surface area contributed by atoms with E-state index in [1.807, 2.05) is 37.3 Å². The largest absolute Gasteiger partial charge is 0.223 e. The zero-order valence-corrected chi connectivity index (χ0v) is 12.8. The van der Waals surface area contributed by atoms with Gasteiger partial charge in [-0.05, 0) is 36.3 Å². The molecule has 0 saturated heterocycles. The van der Waals surface area contributed by atoms with Crippen LogP contribution in [-0.2, 0) is 0 Å². The second-order valence-electron chi connectivity index (χ2n) is 5.27. The van der Waals surface area contributed by atoms with Gasteiger partial charge in [0.1, 0.15) is 18.5 Å². The van der Waals surface area contributed by atoms with E-state index in [0.29, 0.717) is 0 Å². The molecule has 0 radical (unpaired) electrons. The Balaban J connectivity index is 2.04. The molecular formula is C19H16FN3. The normalized spacial score (nSPS) is 11.5. The summed E-state index contributed by atoms with van der Waals surface area (Å²) >= 11 is 0. The van der Waals surface area contributed by atoms with Gasteiger partial charge in [-0.25, -0.2) is 14.1 Å². The minimum Gasteiger partial charge on any atom is -0.223 e. The van der Waals surface area contributed by atoms with Gasteiger partial charge in [-0.1, -0.05) is 48.5 Å². The van der Waals surface area contributed by atoms with E-state index in [1.165, 1.54) is 24.0 Å². The van der Waals surface area contributed by atoms with E-state index in [9.17, 15) is 4.39 Å². The average Bonchev–Trinajstić information content (AvgIpc) is 3.08. The van der Waals surface area contributed by atoms with Crippen molar-refractivity contribution < 1.29 is 4.39 Å². The molecule has 0 bridgehead atoms. The molecule has 0 amide bonds. The van der Waals surface area contributed by atoms with Gasteiger partial charge in [0.15, 0.2) is 0 Å². The van der Waals surface area contributed by atoms with Crippen molar-refractivity contribution in [2.75, 3.05) is 0 Å². The van der Waals surface area contributed by atoms with Crippen LogP contribution in [0.5, 0.6) is 0 Å². The van der Waals surface area contributed by atoms with Gasteiger partial charge in [0, 0.05) is 5.57 Å². The highest BCUT2D eigenvalue weighted by molar-refractivity contribution is 6.03. The second kappa shape index (κ2) is 6.40. The molecule has 1 heterocycles. The molecule has 3 nitrogen and oxygen atoms in total. The smallest absolute Gasteiger partial charge is 0.138 e. The van der Waals surface area contributed by atoms with Gasteiger partial charge in [0.25, 0.3) is 0 Å². The van der Waals surface area contributed by atoms with Crippen LogP contribution in [0.1, 0.15) is 16.7 Å². The molecule has 0 unspecified atom stereocenters. The molecular weight excluding hydrogens is 289 g/mol. The minimum atomic E-state index is -0.262. The molecule has 4 heteroatoms. The van der Waals surface area contributed by atoms with Gasteiger partial charge in [0.05, 0.1) is 5.70 Å². The summed E-state index contributed by atoms with van der Waals surface area (Å²) in [4.78, 5) is 4.00. The lowest BCUT2D eigenvalue weighted by molar-refractivity contribution is 0.628. The van der Waals surface area contributed by atoms with E-state index in [4.69, 9.17) is 0 Å². The first-order valence-electron chi connectivity index (χ1n) is 7.22. The number of benzene rings is 2. The number of halogens is 1. The van der Waals surface area contributed by atoms with Crippen molar-refractivity contribution in [2.45, 2.75) is 6.92 Å². The second-order valence-corrected chi connectivity index (χ2v) is 5.27. The fraction of sp³-hybridized carbons (Fsp3) is 0.0526. The number of hydrogen-bond donors (Lipinski definition) is 0. The third kappa shape index (κ3) is 3.43. The van der Waals surface area contributed by atoms with Gasteiger partial charge in [-0.15, -0.1) is 0 Å². The molecule has 114 valence electrons. The van der Waals surface area contributed by atoms with E-state index in [1.54, 1.807) is 23.1 Å². The van der Waals surface area contributed by atoms with Crippen molar-refractivity contribution >= 4 is 17.3 Å². The van der Waals surface area contributed by atoms with Crippen LogP contribution in [-0.4, -0.2) is 14.8 Å². The maximum Gasteiger partial charge on any atom is 0.138 e. The SMILES string of the molecule is C=C(/C(=C/c1ccc(F)cc1)n1cncn1)c1ccc(C)cc1. The summed E-state index contributed by atoms with van der Waals surface area (Å²) in [5.41, 5.74) is 4.66. The Morgan fingerprint density at radius 1 is 1.09 bits per heavy atom. The van der Waals surface area contributed by atoms with Crippen LogP contribution in [0.3, 0.4) is 0 Å². The molecule has 3 aromatic rings. The summed E-state index contributed by atoms with van der Waals surface area (Å²) in [6.45, 7) is 6.23. The molecule has 0 fully saturated rings. The van der Waals surface area contributed by atoms with Crippen molar-refractivity contribution in [2.24, 2.45) is 0 Å². The molecule has 0 aliphatic carbocycles. The lowest BCUT2D eigenvalue weighted by Gasteiger charge is -2.12. The van der Waals surface area contributed by atoms with E-state index in [2.05, 4.69) is 16.7 Å². The quantitative estimate of drug-likeness (QED) is 0.667. The topological polar surface area (TPSA) is 30.7 Å². The first-order chi connectivity index (χ1) is 11.1. The van der Waals surface area contributed by atoms with Gasteiger partial charge < -0.3 is 0 Å². The average molecular weight is 305 g/mol. The van der Waals surface area contributed by atoms with Crippen LogP contribution in [0, 0.1) is 12.7 Å². The predicted molar refractivity (Wildman–Crippen MR) is 90.8 cm³/mol. The summed E-state index contributed by atoms with van der Waals surface area (Å²) in [6.07, 6.45) is 5.01. The van der Waals surface area contributed by atoms with Gasteiger partial charge in [0.2, 0.25) is 0 Å². The highest BCUT2D eigenvalue weighted by Gasteiger charge is 2.09. The molecule has 23 heavy (non-hydrogen) atoms. The van der Waals surface area contributed by atoms with E-state index in [0.717, 1.165) is 22.4 Å². The molecule has 0 saturated carbocycles. The first kappa shape index (κ1) is 14.9. The van der Waals surface area contributed by atoms with Crippen LogP contribution in [0.4, 0.5) is 4.39 Å². The molecule has 0 atom stereocenters. The number of aryl methyl sites for hydroxylation is 1. The number of aromatic nitrogens is 3. The number of hydrogen-bond acceptors (Lipinski definition) is 2. The highest BCUT2D eigenvalue weighted by atomic mass is 19.1. The zero-order valence-electron chi connectivity index (χ0n) is 12.8. The Morgan fingerprint density at radius 3 is 2.39 bits per heavy atom. The number of nitrogens with zero attached hydrogens (tertiary/aromatic N) is 3. The van der Waals surface area contributed by atoms with Crippen LogP contribution in [0.15, 0.2) is 67.8 Å². The Labute approximate surface area is 134 Å². The molecule has 2 aromatic carbocycles. The van der Waals surface area contributed by atoms with Gasteiger partial charge in [-0.2, -0.15) is 5.10 Å². The molecule has 0 N–H and O–H groups in total. The van der Waals surface area contributed by atoms with Crippen LogP contribution < -0.4 is 0 Å². The van der Waals surface area contributed by atoms with Crippen molar-refractivity contribution in [3.05, 3.63) is 90.3 Å². The predicted octanol–water partition coefficient (Wildman–Crippen LogP) is 4.44. The maximum absolute atomic E-state index is 13.1. The molecule has 1 aromatic heterocycles. The summed E-state index contributed by atoms with van der Waals surface area (Å²) in [5, 5.41) is 4.20. The fourth-order valence-electron chi connectivity index (χ4n) is 2.24. The Kier molecular flexibility index (Phi) is 4.15. The Bertz CT molecular complexity index is 829. The van der Waals surface area contributed by atoms with Gasteiger partial charge >= 0.3 is 0 Å². The minimum absolute atomic E-state index is 0.262. The maximum atomic E-state index is 13.1. The summed E-state index contributed by atoms with van der Waals surface area (Å²) in [6, 6.07) is 14.4. The Morgan fingerprint density at radius 2 is 1.78 bits per heavy atom. The molecule has 3 rings (SSSR count). The summed E-state index contributed by atoms with van der Waals surface area (Å²) in [5.74, 6) is -0.262. The van der Waals surface area contributed by atoms with E-state index < -0.39 is 0 Å². The van der Waals surface area contributed by atoms with E-state index in [-0.39, 0.29) is 5.82 Å². The number of allylic oxidation sites excluding steroid dienone is 2. The molecule has 0 aliphatic rings. The summed E-state index contributed by atoms with van der Waals surface area (Å²) in [7, 11) is 0. The van der Waals surface area contributed by atoms with Crippen molar-refractivity contribution in [3.63, 3.8) is 0 Å². The summed E-state index contributed by atoms with van der Waals surface area (Å²) < 4.78 is 14.8. The third-order valence-corrected chi connectivity index (χ3v) is 3.55.